The molecule has 12 heteroatoms. The second kappa shape index (κ2) is 16.5. The van der Waals surface area contributed by atoms with Crippen LogP contribution in [0.3, 0.4) is 0 Å². The van der Waals surface area contributed by atoms with E-state index >= 15 is 0 Å². The lowest BCUT2D eigenvalue weighted by atomic mass is 9.71. The lowest BCUT2D eigenvalue weighted by Gasteiger charge is -2.58. The molecule has 1 unspecified atom stereocenters. The molecular weight excluding hydrogens is 528 g/mol. The monoisotopic (exact) mass is 580 g/mol. The molecule has 0 aromatic rings. The highest BCUT2D eigenvalue weighted by Crippen LogP contribution is 2.50. The first-order chi connectivity index (χ1) is 18.5. The molecule has 0 aromatic heterocycles. The van der Waals surface area contributed by atoms with E-state index in [1.54, 1.807) is 21.0 Å². The molecule has 1 saturated heterocycles. The van der Waals surface area contributed by atoms with E-state index in [4.69, 9.17) is 37.6 Å². The van der Waals surface area contributed by atoms with E-state index in [-0.39, 0.29) is 19.6 Å². The standard InChI is InChI=1S/C27H52O11Si/c1-11-39(12-2,13-3)38-24-21(33-8)17-19(16-20(32-7)23(25(30)34-9)36-18-31-6)37-27(24,35-10)26(4,5)22(29)14-15-28/h15,19-24,29H,11-14,16-18H2,1-10H3/t19-,20+,21+,22-,23-,24+,27?/m0/s1. The van der Waals surface area contributed by atoms with Crippen LogP contribution in [0.2, 0.25) is 18.1 Å². The summed E-state index contributed by atoms with van der Waals surface area (Å²) in [5, 5.41) is 11.2. The van der Waals surface area contributed by atoms with Crippen LogP contribution in [0, 0.1) is 5.41 Å². The van der Waals surface area contributed by atoms with Gasteiger partial charge in [-0.3, -0.25) is 0 Å². The number of hydrogen-bond donors (Lipinski definition) is 1. The van der Waals surface area contributed by atoms with Gasteiger partial charge in [-0.15, -0.1) is 0 Å². The summed E-state index contributed by atoms with van der Waals surface area (Å²) < 4.78 is 47.2. The Balaban J connectivity index is 3.62. The number of methoxy groups -OCH3 is 5. The van der Waals surface area contributed by atoms with Gasteiger partial charge in [0.25, 0.3) is 0 Å². The molecular formula is C27H52O11Si. The Morgan fingerprint density at radius 3 is 2.18 bits per heavy atom. The van der Waals surface area contributed by atoms with Crippen LogP contribution in [-0.4, -0.2) is 110 Å². The molecule has 1 N–H and O–H groups in total. The Kier molecular flexibility index (Phi) is 15.2. The fraction of sp³-hybridized carbons (Fsp3) is 0.926. The summed E-state index contributed by atoms with van der Waals surface area (Å²) >= 11 is 0. The third-order valence-corrected chi connectivity index (χ3v) is 13.1. The van der Waals surface area contributed by atoms with E-state index in [1.807, 2.05) is 0 Å². The van der Waals surface area contributed by atoms with E-state index in [9.17, 15) is 14.7 Å². The summed E-state index contributed by atoms with van der Waals surface area (Å²) in [4.78, 5) is 24.0. The molecule has 7 atom stereocenters. The van der Waals surface area contributed by atoms with E-state index in [1.165, 1.54) is 28.4 Å². The van der Waals surface area contributed by atoms with Crippen LogP contribution in [-0.2, 0) is 47.2 Å². The zero-order valence-corrected chi connectivity index (χ0v) is 26.5. The normalized spacial score (nSPS) is 26.6. The van der Waals surface area contributed by atoms with Crippen molar-refractivity contribution in [2.45, 2.75) is 114 Å². The Labute approximate surface area is 235 Å². The van der Waals surface area contributed by atoms with Crippen molar-refractivity contribution in [2.75, 3.05) is 42.3 Å². The maximum Gasteiger partial charge on any atom is 0.337 e. The summed E-state index contributed by atoms with van der Waals surface area (Å²) in [6.45, 7) is 9.86. The molecule has 0 spiro atoms. The van der Waals surface area contributed by atoms with Gasteiger partial charge in [0.15, 0.2) is 14.4 Å². The number of aldehydes is 1. The first-order valence-corrected chi connectivity index (χ1v) is 16.3. The molecule has 1 rings (SSSR count). The van der Waals surface area contributed by atoms with Gasteiger partial charge in [0.1, 0.15) is 19.2 Å². The Bertz CT molecular complexity index is 724. The summed E-state index contributed by atoms with van der Waals surface area (Å²) in [5.74, 6) is -2.10. The van der Waals surface area contributed by atoms with Gasteiger partial charge >= 0.3 is 5.97 Å². The molecule has 1 aliphatic heterocycles. The van der Waals surface area contributed by atoms with Gasteiger partial charge in [-0.05, 0) is 18.1 Å². The van der Waals surface area contributed by atoms with Crippen molar-refractivity contribution in [1.29, 1.82) is 0 Å². The Morgan fingerprint density at radius 2 is 1.74 bits per heavy atom. The number of hydrogen-bond acceptors (Lipinski definition) is 11. The minimum Gasteiger partial charge on any atom is -0.467 e. The second-order valence-corrected chi connectivity index (χ2v) is 15.3. The number of aliphatic hydroxyl groups is 1. The molecule has 11 nitrogen and oxygen atoms in total. The summed E-state index contributed by atoms with van der Waals surface area (Å²) in [6.07, 6.45) is -3.43. The predicted octanol–water partition coefficient (Wildman–Crippen LogP) is 3.07. The molecule has 39 heavy (non-hydrogen) atoms. The Morgan fingerprint density at radius 1 is 1.13 bits per heavy atom. The van der Waals surface area contributed by atoms with Crippen LogP contribution >= 0.6 is 0 Å². The smallest absolute Gasteiger partial charge is 0.337 e. The van der Waals surface area contributed by atoms with Crippen molar-refractivity contribution < 1.29 is 52.3 Å². The summed E-state index contributed by atoms with van der Waals surface area (Å²) in [6, 6.07) is 2.66. The third kappa shape index (κ3) is 8.07. The van der Waals surface area contributed by atoms with Gasteiger partial charge in [-0.25, -0.2) is 4.79 Å². The van der Waals surface area contributed by atoms with Crippen molar-refractivity contribution in [3.8, 4) is 0 Å². The largest absolute Gasteiger partial charge is 0.467 e. The molecule has 0 aliphatic carbocycles. The molecule has 0 radical (unpaired) electrons. The lowest BCUT2D eigenvalue weighted by molar-refractivity contribution is -0.383. The van der Waals surface area contributed by atoms with Gasteiger partial charge in [0.2, 0.25) is 5.79 Å². The fourth-order valence-corrected chi connectivity index (χ4v) is 8.37. The van der Waals surface area contributed by atoms with Crippen molar-refractivity contribution in [3.05, 3.63) is 0 Å². The average molecular weight is 581 g/mol. The fourth-order valence-electron chi connectivity index (χ4n) is 5.53. The topological polar surface area (TPSA) is 128 Å². The van der Waals surface area contributed by atoms with Gasteiger partial charge < -0.3 is 47.5 Å². The number of ether oxygens (including phenoxy) is 7. The van der Waals surface area contributed by atoms with Gasteiger partial charge in [-0.2, -0.15) is 0 Å². The zero-order chi connectivity index (χ0) is 29.9. The van der Waals surface area contributed by atoms with Crippen molar-refractivity contribution in [2.24, 2.45) is 5.41 Å². The molecule has 230 valence electrons. The van der Waals surface area contributed by atoms with Crippen LogP contribution in [0.15, 0.2) is 0 Å². The molecule has 1 fully saturated rings. The predicted molar refractivity (Wildman–Crippen MR) is 147 cm³/mol. The second-order valence-electron chi connectivity index (χ2n) is 10.6. The van der Waals surface area contributed by atoms with E-state index in [2.05, 4.69) is 20.8 Å². The number of carbonyl (C=O) groups is 2. The highest BCUT2D eigenvalue weighted by Gasteiger charge is 2.63. The lowest BCUT2D eigenvalue weighted by Crippen LogP contribution is -2.71. The van der Waals surface area contributed by atoms with Gasteiger partial charge in [0, 0.05) is 53.1 Å². The Hall–Kier alpha value is -0.963. The number of aliphatic hydroxyl groups excluding tert-OH is 1. The van der Waals surface area contributed by atoms with Crippen LogP contribution < -0.4 is 0 Å². The van der Waals surface area contributed by atoms with Gasteiger partial charge in [-0.1, -0.05) is 34.6 Å². The van der Waals surface area contributed by atoms with E-state index in [0.29, 0.717) is 12.7 Å². The average Bonchev–Trinajstić information content (AvgIpc) is 2.95. The molecule has 0 amide bonds. The van der Waals surface area contributed by atoms with Crippen LogP contribution in [0.4, 0.5) is 0 Å². The van der Waals surface area contributed by atoms with Crippen LogP contribution in [0.25, 0.3) is 0 Å². The van der Waals surface area contributed by atoms with E-state index < -0.39 is 62.1 Å². The first-order valence-electron chi connectivity index (χ1n) is 13.7. The minimum absolute atomic E-state index is 0.107. The molecule has 0 saturated carbocycles. The van der Waals surface area contributed by atoms with Gasteiger partial charge in [0.05, 0.1) is 31.5 Å². The quantitative estimate of drug-likeness (QED) is 0.105. The number of carbonyl (C=O) groups excluding carboxylic acids is 2. The van der Waals surface area contributed by atoms with E-state index in [0.717, 1.165) is 18.1 Å². The summed E-state index contributed by atoms with van der Waals surface area (Å²) in [5.41, 5.74) is -1.10. The SMILES string of the molecule is CC[Si](CC)(CC)O[C@@H]1[C@H](OC)C[C@H](C[C@@H](OC)[C@H](OCOC)C(=O)OC)OC1(OC)C(C)(C)[C@@H](O)CC=O. The highest BCUT2D eigenvalue weighted by molar-refractivity contribution is 6.73. The minimum atomic E-state index is -2.22. The number of rotatable bonds is 19. The molecule has 0 aromatic carbocycles. The maximum absolute atomic E-state index is 12.5. The molecule has 0 bridgehead atoms. The van der Waals surface area contributed by atoms with Crippen LogP contribution in [0.5, 0.6) is 0 Å². The van der Waals surface area contributed by atoms with Crippen LogP contribution in [0.1, 0.15) is 53.9 Å². The highest BCUT2D eigenvalue weighted by atomic mass is 28.4. The molecule has 1 aliphatic rings. The van der Waals surface area contributed by atoms with Crippen molar-refractivity contribution >= 4 is 20.6 Å². The first kappa shape index (κ1) is 36.1. The summed E-state index contributed by atoms with van der Waals surface area (Å²) in [7, 11) is 5.10. The third-order valence-electron chi connectivity index (χ3n) is 8.45. The van der Waals surface area contributed by atoms with Crippen molar-refractivity contribution in [1.82, 2.24) is 0 Å². The van der Waals surface area contributed by atoms with Crippen molar-refractivity contribution in [3.63, 3.8) is 0 Å². The number of esters is 1. The zero-order valence-electron chi connectivity index (χ0n) is 25.5. The molecule has 1 heterocycles. The maximum atomic E-state index is 12.5.